The van der Waals surface area contributed by atoms with Gasteiger partial charge in [0.2, 0.25) is 5.89 Å². The van der Waals surface area contributed by atoms with Crippen LogP contribution in [0.1, 0.15) is 11.3 Å². The molecule has 0 saturated carbocycles. The largest absolute Gasteiger partial charge is 0.440 e. The van der Waals surface area contributed by atoms with Crippen LogP contribution in [0.25, 0.3) is 11.5 Å². The molecule has 0 unspecified atom stereocenters. The van der Waals surface area contributed by atoms with Gasteiger partial charge in [0.15, 0.2) is 0 Å². The molecule has 1 N–H and O–H groups in total. The fourth-order valence-electron chi connectivity index (χ4n) is 1.50. The van der Waals surface area contributed by atoms with Crippen molar-refractivity contribution in [3.63, 3.8) is 0 Å². The van der Waals surface area contributed by atoms with Crippen molar-refractivity contribution in [2.75, 3.05) is 7.05 Å². The van der Waals surface area contributed by atoms with E-state index in [4.69, 9.17) is 4.42 Å². The van der Waals surface area contributed by atoms with Crippen LogP contribution in [0.5, 0.6) is 0 Å². The van der Waals surface area contributed by atoms with Gasteiger partial charge in [-0.2, -0.15) is 13.2 Å². The molecule has 0 amide bonds. The van der Waals surface area contributed by atoms with Crippen LogP contribution in [0.2, 0.25) is 0 Å². The Morgan fingerprint density at radius 3 is 2.44 bits per heavy atom. The van der Waals surface area contributed by atoms with Crippen molar-refractivity contribution >= 4 is 0 Å². The van der Waals surface area contributed by atoms with Crippen molar-refractivity contribution in [3.8, 4) is 11.5 Å². The van der Waals surface area contributed by atoms with Crippen LogP contribution in [0.3, 0.4) is 0 Å². The molecule has 0 spiro atoms. The summed E-state index contributed by atoms with van der Waals surface area (Å²) in [5.74, 6) is 0.946. The monoisotopic (exact) mass is 256 g/mol. The van der Waals surface area contributed by atoms with E-state index in [-0.39, 0.29) is 0 Å². The first-order valence-electron chi connectivity index (χ1n) is 5.27. The number of benzene rings is 1. The van der Waals surface area contributed by atoms with E-state index < -0.39 is 11.7 Å². The van der Waals surface area contributed by atoms with Crippen LogP contribution in [0.15, 0.2) is 34.9 Å². The second kappa shape index (κ2) is 4.81. The molecule has 1 aromatic heterocycles. The highest BCUT2D eigenvalue weighted by Gasteiger charge is 2.30. The highest BCUT2D eigenvalue weighted by Crippen LogP contribution is 2.30. The molecule has 0 fully saturated rings. The maximum absolute atomic E-state index is 12.4. The lowest BCUT2D eigenvalue weighted by atomic mass is 10.1. The summed E-state index contributed by atoms with van der Waals surface area (Å²) >= 11 is 0. The van der Waals surface area contributed by atoms with Crippen LogP contribution >= 0.6 is 0 Å². The van der Waals surface area contributed by atoms with Gasteiger partial charge in [-0.05, 0) is 31.3 Å². The average Bonchev–Trinajstić information content (AvgIpc) is 2.77. The molecule has 0 bridgehead atoms. The first-order chi connectivity index (χ1) is 8.50. The van der Waals surface area contributed by atoms with Gasteiger partial charge in [-0.1, -0.05) is 0 Å². The Bertz CT molecular complexity index is 517. The molecule has 0 aliphatic carbocycles. The summed E-state index contributed by atoms with van der Waals surface area (Å²) in [4.78, 5) is 4.01. The zero-order chi connectivity index (χ0) is 13.2. The summed E-state index contributed by atoms with van der Waals surface area (Å²) in [6.45, 7) is 0.521. The van der Waals surface area contributed by atoms with Gasteiger partial charge < -0.3 is 9.73 Å². The summed E-state index contributed by atoms with van der Waals surface area (Å²) in [6, 6.07) is 4.71. The minimum atomic E-state index is -4.33. The average molecular weight is 256 g/mol. The van der Waals surface area contributed by atoms with Gasteiger partial charge in [-0.15, -0.1) is 0 Å². The number of alkyl halides is 3. The molecule has 3 nitrogen and oxygen atoms in total. The van der Waals surface area contributed by atoms with Gasteiger partial charge in [-0.3, -0.25) is 0 Å². The molecule has 1 aromatic carbocycles. The lowest BCUT2D eigenvalue weighted by Gasteiger charge is -2.06. The molecule has 6 heteroatoms. The lowest BCUT2D eigenvalue weighted by Crippen LogP contribution is -2.04. The number of hydrogen-bond acceptors (Lipinski definition) is 3. The molecule has 2 rings (SSSR count). The minimum Gasteiger partial charge on any atom is -0.440 e. The third kappa shape index (κ3) is 2.70. The van der Waals surface area contributed by atoms with Crippen LogP contribution in [-0.4, -0.2) is 12.0 Å². The zero-order valence-electron chi connectivity index (χ0n) is 9.58. The second-order valence-corrected chi connectivity index (χ2v) is 3.74. The van der Waals surface area contributed by atoms with Crippen LogP contribution in [-0.2, 0) is 12.7 Å². The number of rotatable bonds is 3. The molecule has 2 aromatic rings. The van der Waals surface area contributed by atoms with E-state index in [0.717, 1.165) is 12.1 Å². The Morgan fingerprint density at radius 1 is 1.22 bits per heavy atom. The van der Waals surface area contributed by atoms with Crippen molar-refractivity contribution in [2.45, 2.75) is 12.7 Å². The molecular formula is C12H11F3N2O. The van der Waals surface area contributed by atoms with E-state index in [0.29, 0.717) is 23.8 Å². The number of aromatic nitrogens is 1. The first-order valence-corrected chi connectivity index (χ1v) is 5.27. The Balaban J connectivity index is 2.23. The molecular weight excluding hydrogens is 245 g/mol. The number of hydrogen-bond donors (Lipinski definition) is 1. The summed E-state index contributed by atoms with van der Waals surface area (Å²) < 4.78 is 42.5. The number of nitrogens with zero attached hydrogens (tertiary/aromatic N) is 1. The van der Waals surface area contributed by atoms with Gasteiger partial charge in [0, 0.05) is 5.56 Å². The number of halogens is 3. The molecule has 0 saturated heterocycles. The summed E-state index contributed by atoms with van der Waals surface area (Å²) in [7, 11) is 1.76. The molecule has 0 aliphatic heterocycles. The quantitative estimate of drug-likeness (QED) is 0.917. The van der Waals surface area contributed by atoms with Crippen LogP contribution in [0, 0.1) is 0 Å². The fourth-order valence-corrected chi connectivity index (χ4v) is 1.50. The van der Waals surface area contributed by atoms with Gasteiger partial charge >= 0.3 is 6.18 Å². The number of nitrogens with one attached hydrogen (secondary N) is 1. The van der Waals surface area contributed by atoms with E-state index in [2.05, 4.69) is 10.3 Å². The van der Waals surface area contributed by atoms with Crippen molar-refractivity contribution in [1.29, 1.82) is 0 Å². The number of oxazole rings is 1. The highest BCUT2D eigenvalue weighted by molar-refractivity contribution is 5.53. The van der Waals surface area contributed by atoms with Crippen molar-refractivity contribution in [2.24, 2.45) is 0 Å². The Kier molecular flexibility index (Phi) is 3.38. The normalized spacial score (nSPS) is 11.8. The summed E-state index contributed by atoms with van der Waals surface area (Å²) in [5.41, 5.74) is -0.168. The molecule has 18 heavy (non-hydrogen) atoms. The van der Waals surface area contributed by atoms with Crippen molar-refractivity contribution < 1.29 is 17.6 Å². The fraction of sp³-hybridized carbons (Fsp3) is 0.250. The van der Waals surface area contributed by atoms with Crippen LogP contribution in [0.4, 0.5) is 13.2 Å². The maximum Gasteiger partial charge on any atom is 0.416 e. The van der Waals surface area contributed by atoms with E-state index in [9.17, 15) is 13.2 Å². The van der Waals surface area contributed by atoms with Crippen LogP contribution < -0.4 is 5.32 Å². The predicted octanol–water partition coefficient (Wildman–Crippen LogP) is 3.08. The summed E-state index contributed by atoms with van der Waals surface area (Å²) in [5, 5.41) is 2.90. The summed E-state index contributed by atoms with van der Waals surface area (Å²) in [6.07, 6.45) is -2.78. The predicted molar refractivity (Wildman–Crippen MR) is 59.7 cm³/mol. The van der Waals surface area contributed by atoms with E-state index in [1.807, 2.05) is 0 Å². The third-order valence-electron chi connectivity index (χ3n) is 2.36. The van der Waals surface area contributed by atoms with Gasteiger partial charge in [0.1, 0.15) is 5.76 Å². The smallest absolute Gasteiger partial charge is 0.416 e. The first kappa shape index (κ1) is 12.6. The molecule has 0 radical (unpaired) electrons. The SMILES string of the molecule is CNCc1cnc(-c2ccc(C(F)(F)F)cc2)o1. The second-order valence-electron chi connectivity index (χ2n) is 3.74. The molecule has 1 heterocycles. The van der Waals surface area contributed by atoms with Crippen molar-refractivity contribution in [3.05, 3.63) is 41.8 Å². The minimum absolute atomic E-state index is 0.314. The van der Waals surface area contributed by atoms with Gasteiger partial charge in [0.05, 0.1) is 18.3 Å². The molecule has 0 aliphatic rings. The third-order valence-corrected chi connectivity index (χ3v) is 2.36. The lowest BCUT2D eigenvalue weighted by molar-refractivity contribution is -0.137. The topological polar surface area (TPSA) is 38.1 Å². The standard InChI is InChI=1S/C12H11F3N2O/c1-16-6-10-7-17-11(18-10)8-2-4-9(5-3-8)12(13,14)15/h2-5,7,16H,6H2,1H3. The maximum atomic E-state index is 12.4. The molecule has 96 valence electrons. The van der Waals surface area contributed by atoms with Gasteiger partial charge in [0.25, 0.3) is 0 Å². The highest BCUT2D eigenvalue weighted by atomic mass is 19.4. The Morgan fingerprint density at radius 2 is 1.89 bits per heavy atom. The van der Waals surface area contributed by atoms with Crippen molar-refractivity contribution in [1.82, 2.24) is 10.3 Å². The zero-order valence-corrected chi connectivity index (χ0v) is 9.58. The Labute approximate surface area is 102 Å². The van der Waals surface area contributed by atoms with E-state index >= 15 is 0 Å². The van der Waals surface area contributed by atoms with Gasteiger partial charge in [-0.25, -0.2) is 4.98 Å². The molecule has 0 atom stereocenters. The van der Waals surface area contributed by atoms with E-state index in [1.54, 1.807) is 13.2 Å². The van der Waals surface area contributed by atoms with E-state index in [1.165, 1.54) is 12.1 Å². The Hall–Kier alpha value is -1.82.